The van der Waals surface area contributed by atoms with Crippen LogP contribution in [0.4, 0.5) is 5.69 Å². The molecule has 0 saturated carbocycles. The zero-order valence-corrected chi connectivity index (χ0v) is 27.9. The van der Waals surface area contributed by atoms with Gasteiger partial charge in [0.1, 0.15) is 12.6 Å². The molecule has 1 atom stereocenters. The summed E-state index contributed by atoms with van der Waals surface area (Å²) in [4.78, 5) is 74.9. The van der Waals surface area contributed by atoms with Crippen LogP contribution in [0.3, 0.4) is 0 Å². The predicted octanol–water partition coefficient (Wildman–Crippen LogP) is 3.17. The summed E-state index contributed by atoms with van der Waals surface area (Å²) < 4.78 is 27.0. The van der Waals surface area contributed by atoms with Crippen molar-refractivity contribution in [2.24, 2.45) is 0 Å². The van der Waals surface area contributed by atoms with Gasteiger partial charge in [0.05, 0.1) is 63.1 Å². The average molecular weight is 676 g/mol. The Bertz CT molecular complexity index is 1240. The number of fused-ring (bicyclic) bond motifs is 1. The van der Waals surface area contributed by atoms with E-state index in [1.165, 1.54) is 6.07 Å². The van der Waals surface area contributed by atoms with Crippen molar-refractivity contribution < 1.29 is 52.5 Å². The van der Waals surface area contributed by atoms with E-state index in [1.807, 2.05) is 0 Å². The lowest BCUT2D eigenvalue weighted by molar-refractivity contribution is -0.145. The Labute approximate surface area is 281 Å². The monoisotopic (exact) mass is 675 g/mol. The number of carbonyl (C=O) groups is 6. The number of nitrogens with one attached hydrogen (secondary N) is 2. The van der Waals surface area contributed by atoms with Crippen molar-refractivity contribution in [2.75, 3.05) is 64.8 Å². The predicted molar refractivity (Wildman–Crippen MR) is 173 cm³/mol. The van der Waals surface area contributed by atoms with Crippen molar-refractivity contribution in [2.45, 2.75) is 83.6 Å². The third kappa shape index (κ3) is 13.1. The van der Waals surface area contributed by atoms with Gasteiger partial charge in [-0.25, -0.2) is 0 Å². The molecule has 0 radical (unpaired) electrons. The molecule has 1 aromatic rings. The van der Waals surface area contributed by atoms with E-state index in [0.717, 1.165) is 43.4 Å². The maximum atomic E-state index is 13.2. The normalized spacial score (nSPS) is 15.9. The van der Waals surface area contributed by atoms with E-state index < -0.39 is 29.7 Å². The number of carbonyl (C=O) groups excluding carboxylic acids is 6. The largest absolute Gasteiger partial charge is 0.463 e. The molecule has 266 valence electrons. The van der Waals surface area contributed by atoms with Crippen LogP contribution in [0, 0.1) is 0 Å². The van der Waals surface area contributed by atoms with Gasteiger partial charge in [0.2, 0.25) is 17.7 Å². The molecule has 1 aromatic carbocycles. The number of hydrogen-bond acceptors (Lipinski definition) is 11. The van der Waals surface area contributed by atoms with Gasteiger partial charge in [-0.1, -0.05) is 38.7 Å². The molecule has 2 aliphatic rings. The molecule has 1 fully saturated rings. The minimum absolute atomic E-state index is 0.0299. The number of unbranched alkanes of at least 4 members (excludes halogenated alkanes) is 5. The number of amides is 5. The fraction of sp³-hybridized carbons (Fsp3) is 0.647. The highest BCUT2D eigenvalue weighted by Gasteiger charge is 2.45. The summed E-state index contributed by atoms with van der Waals surface area (Å²) in [6, 6.07) is 3.53. The smallest absolute Gasteiger partial charge is 0.305 e. The van der Waals surface area contributed by atoms with Crippen molar-refractivity contribution >= 4 is 41.2 Å². The maximum Gasteiger partial charge on any atom is 0.305 e. The molecular formula is C34H49N3O11. The van der Waals surface area contributed by atoms with Crippen LogP contribution in [0.5, 0.6) is 0 Å². The van der Waals surface area contributed by atoms with Gasteiger partial charge in [0.25, 0.3) is 11.8 Å². The summed E-state index contributed by atoms with van der Waals surface area (Å²) in [5, 5.41) is 4.89. The number of esters is 1. The summed E-state index contributed by atoms with van der Waals surface area (Å²) >= 11 is 0. The Morgan fingerprint density at radius 1 is 0.771 bits per heavy atom. The van der Waals surface area contributed by atoms with Gasteiger partial charge < -0.3 is 29.0 Å². The van der Waals surface area contributed by atoms with E-state index in [9.17, 15) is 28.8 Å². The second-order valence-corrected chi connectivity index (χ2v) is 11.5. The first kappa shape index (κ1) is 38.7. The number of rotatable bonds is 25. The van der Waals surface area contributed by atoms with Crippen molar-refractivity contribution in [1.82, 2.24) is 10.2 Å². The zero-order valence-electron chi connectivity index (χ0n) is 27.9. The summed E-state index contributed by atoms with van der Waals surface area (Å²) in [5.41, 5.74) is 0.383. The lowest BCUT2D eigenvalue weighted by Gasteiger charge is -2.27. The summed E-state index contributed by atoms with van der Waals surface area (Å²) in [6.45, 7) is 5.87. The second kappa shape index (κ2) is 22.0. The number of hydrogen-bond donors (Lipinski definition) is 2. The minimum atomic E-state index is -1.07. The molecule has 0 aromatic heterocycles. The van der Waals surface area contributed by atoms with E-state index in [0.29, 0.717) is 65.7 Å². The van der Waals surface area contributed by atoms with Crippen LogP contribution >= 0.6 is 0 Å². The van der Waals surface area contributed by atoms with Crippen LogP contribution in [-0.2, 0) is 42.9 Å². The SMILES string of the molecule is CCCCCCC(=O)OCCOCCOCCOCCOCCCCCC(=O)Nc1cccc2c1C(=O)N(C1CCC(=O)NC1=O)C2=O. The van der Waals surface area contributed by atoms with Crippen molar-refractivity contribution in [3.63, 3.8) is 0 Å². The molecule has 3 rings (SSSR count). The Hall–Kier alpha value is -3.72. The van der Waals surface area contributed by atoms with Gasteiger partial charge in [-0.3, -0.25) is 39.0 Å². The number of imide groups is 2. The topological polar surface area (TPSA) is 176 Å². The van der Waals surface area contributed by atoms with Gasteiger partial charge in [0, 0.05) is 25.9 Å². The van der Waals surface area contributed by atoms with E-state index >= 15 is 0 Å². The molecule has 0 bridgehead atoms. The van der Waals surface area contributed by atoms with Crippen LogP contribution in [0.15, 0.2) is 18.2 Å². The molecule has 1 saturated heterocycles. The maximum absolute atomic E-state index is 13.2. The highest BCUT2D eigenvalue weighted by atomic mass is 16.6. The molecule has 0 spiro atoms. The third-order valence-electron chi connectivity index (χ3n) is 7.78. The van der Waals surface area contributed by atoms with Crippen LogP contribution in [-0.4, -0.2) is 106 Å². The standard InChI is InChI=1S/C34H49N3O11/c1-2-3-4-7-13-30(40)48-24-23-47-22-21-46-20-19-45-18-17-44-16-8-5-6-12-28(38)35-26-11-9-10-25-31(26)34(43)37(33(25)42)27-14-15-29(39)36-32(27)41/h9-11,27H,2-8,12-24H2,1H3,(H,35,38)(H,36,39,41). The first-order valence-corrected chi connectivity index (χ1v) is 16.9. The molecular weight excluding hydrogens is 626 g/mol. The quantitative estimate of drug-likeness (QED) is 0.0885. The number of benzene rings is 1. The summed E-state index contributed by atoms with van der Waals surface area (Å²) in [6.07, 6.45) is 7.11. The number of anilines is 1. The molecule has 5 amide bonds. The first-order chi connectivity index (χ1) is 23.3. The Kier molecular flexibility index (Phi) is 17.8. The molecule has 2 aliphatic heterocycles. The fourth-order valence-corrected chi connectivity index (χ4v) is 5.24. The molecule has 14 nitrogen and oxygen atoms in total. The van der Waals surface area contributed by atoms with Gasteiger partial charge in [-0.15, -0.1) is 0 Å². The van der Waals surface area contributed by atoms with Gasteiger partial charge in [-0.2, -0.15) is 0 Å². The number of nitrogens with zero attached hydrogens (tertiary/aromatic N) is 1. The van der Waals surface area contributed by atoms with Crippen molar-refractivity contribution in [1.29, 1.82) is 0 Å². The zero-order chi connectivity index (χ0) is 34.6. The van der Waals surface area contributed by atoms with Crippen LogP contribution in [0.2, 0.25) is 0 Å². The highest BCUT2D eigenvalue weighted by Crippen LogP contribution is 2.32. The first-order valence-electron chi connectivity index (χ1n) is 16.9. The van der Waals surface area contributed by atoms with Gasteiger partial charge in [0.15, 0.2) is 0 Å². The van der Waals surface area contributed by atoms with Crippen LogP contribution in [0.25, 0.3) is 0 Å². The summed E-state index contributed by atoms with van der Waals surface area (Å²) in [5.74, 6) is -2.89. The van der Waals surface area contributed by atoms with E-state index in [2.05, 4.69) is 17.6 Å². The van der Waals surface area contributed by atoms with Crippen LogP contribution < -0.4 is 10.6 Å². The Balaban J connectivity index is 1.14. The number of ether oxygens (including phenoxy) is 5. The molecule has 2 heterocycles. The molecule has 2 N–H and O–H groups in total. The number of piperidine rings is 1. The van der Waals surface area contributed by atoms with E-state index in [4.69, 9.17) is 23.7 Å². The van der Waals surface area contributed by atoms with E-state index in [1.54, 1.807) is 12.1 Å². The lowest BCUT2D eigenvalue weighted by atomic mass is 10.0. The van der Waals surface area contributed by atoms with Gasteiger partial charge in [-0.05, 0) is 37.8 Å². The van der Waals surface area contributed by atoms with Crippen molar-refractivity contribution in [3.05, 3.63) is 29.3 Å². The average Bonchev–Trinajstić information content (AvgIpc) is 3.32. The minimum Gasteiger partial charge on any atom is -0.463 e. The third-order valence-corrected chi connectivity index (χ3v) is 7.78. The Morgan fingerprint density at radius 3 is 2.06 bits per heavy atom. The van der Waals surface area contributed by atoms with Crippen molar-refractivity contribution in [3.8, 4) is 0 Å². The molecule has 14 heteroatoms. The van der Waals surface area contributed by atoms with E-state index in [-0.39, 0.29) is 54.6 Å². The molecule has 48 heavy (non-hydrogen) atoms. The van der Waals surface area contributed by atoms with Crippen LogP contribution in [0.1, 0.15) is 98.3 Å². The lowest BCUT2D eigenvalue weighted by Crippen LogP contribution is -2.54. The summed E-state index contributed by atoms with van der Waals surface area (Å²) in [7, 11) is 0. The highest BCUT2D eigenvalue weighted by molar-refractivity contribution is 6.26. The molecule has 0 aliphatic carbocycles. The van der Waals surface area contributed by atoms with Gasteiger partial charge >= 0.3 is 5.97 Å². The Morgan fingerprint density at radius 2 is 1.40 bits per heavy atom. The molecule has 1 unspecified atom stereocenters. The fourth-order valence-electron chi connectivity index (χ4n) is 5.24. The second-order valence-electron chi connectivity index (χ2n) is 11.5.